The van der Waals surface area contributed by atoms with Crippen LogP contribution >= 0.6 is 0 Å². The van der Waals surface area contributed by atoms with Crippen molar-refractivity contribution < 1.29 is 4.42 Å². The van der Waals surface area contributed by atoms with E-state index >= 15 is 0 Å². The van der Waals surface area contributed by atoms with Crippen molar-refractivity contribution in [3.63, 3.8) is 0 Å². The zero-order chi connectivity index (χ0) is 33.0. The standard InChI is InChI=1S/C44H27N5O/c1-3-12-28(13-4-1)41-46-42(29-14-5-2-6-15-29)48-43(47-41)35-18-11-25-45-44(35)49-37-19-9-7-16-32(37)33-23-21-31(27-38(33)49)30-22-24-40-36(26-30)34-17-8-10-20-39(34)50-40/h1-27H. The molecule has 50 heavy (non-hydrogen) atoms. The van der Waals surface area contributed by atoms with Crippen molar-refractivity contribution in [2.24, 2.45) is 0 Å². The molecule has 234 valence electrons. The molecule has 0 saturated carbocycles. The lowest BCUT2D eigenvalue weighted by Gasteiger charge is -2.14. The highest BCUT2D eigenvalue weighted by Crippen LogP contribution is 2.38. The van der Waals surface area contributed by atoms with E-state index in [9.17, 15) is 0 Å². The van der Waals surface area contributed by atoms with Gasteiger partial charge in [-0.2, -0.15) is 0 Å². The summed E-state index contributed by atoms with van der Waals surface area (Å²) in [6.45, 7) is 0. The third-order valence-corrected chi connectivity index (χ3v) is 9.32. The van der Waals surface area contributed by atoms with Crippen LogP contribution in [0.1, 0.15) is 0 Å². The molecular formula is C44H27N5O. The zero-order valence-corrected chi connectivity index (χ0v) is 26.7. The van der Waals surface area contributed by atoms with E-state index in [1.54, 1.807) is 0 Å². The van der Waals surface area contributed by atoms with E-state index in [4.69, 9.17) is 24.4 Å². The first-order chi connectivity index (χ1) is 24.8. The van der Waals surface area contributed by atoms with E-state index in [1.165, 1.54) is 0 Å². The minimum atomic E-state index is 0.556. The Labute approximate surface area is 287 Å². The van der Waals surface area contributed by atoms with Crippen molar-refractivity contribution in [2.45, 2.75) is 0 Å². The maximum Gasteiger partial charge on any atom is 0.167 e. The SMILES string of the molecule is c1ccc(-c2nc(-c3ccccc3)nc(-c3cccnc3-n3c4ccccc4c4ccc(-c5ccc6oc7ccccc7c6c5)cc43)n2)cc1. The molecule has 0 amide bonds. The number of para-hydroxylation sites is 2. The topological polar surface area (TPSA) is 69.6 Å². The molecule has 10 rings (SSSR count). The first-order valence-corrected chi connectivity index (χ1v) is 16.6. The predicted molar refractivity (Wildman–Crippen MR) is 201 cm³/mol. The molecule has 0 unspecified atom stereocenters. The third-order valence-electron chi connectivity index (χ3n) is 9.32. The highest BCUT2D eigenvalue weighted by atomic mass is 16.3. The molecule has 6 nitrogen and oxygen atoms in total. The summed E-state index contributed by atoms with van der Waals surface area (Å²) in [6, 6.07) is 53.8. The Hall–Kier alpha value is -6.92. The summed E-state index contributed by atoms with van der Waals surface area (Å²) in [7, 11) is 0. The number of furan rings is 1. The molecule has 4 heterocycles. The number of fused-ring (bicyclic) bond motifs is 6. The van der Waals surface area contributed by atoms with Crippen LogP contribution in [0.15, 0.2) is 168 Å². The lowest BCUT2D eigenvalue weighted by Crippen LogP contribution is -2.05. The van der Waals surface area contributed by atoms with Gasteiger partial charge in [0.25, 0.3) is 0 Å². The smallest absolute Gasteiger partial charge is 0.167 e. The fraction of sp³-hybridized carbons (Fsp3) is 0. The molecule has 4 aromatic heterocycles. The van der Waals surface area contributed by atoms with Gasteiger partial charge >= 0.3 is 0 Å². The van der Waals surface area contributed by atoms with E-state index in [1.807, 2.05) is 91.1 Å². The molecule has 0 radical (unpaired) electrons. The maximum absolute atomic E-state index is 6.13. The summed E-state index contributed by atoms with van der Waals surface area (Å²) in [5.41, 5.74) is 8.73. The molecule has 0 bridgehead atoms. The molecule has 6 heteroatoms. The van der Waals surface area contributed by atoms with E-state index < -0.39 is 0 Å². The van der Waals surface area contributed by atoms with Crippen LogP contribution in [0.2, 0.25) is 0 Å². The largest absolute Gasteiger partial charge is 0.456 e. The summed E-state index contributed by atoms with van der Waals surface area (Å²) in [5, 5.41) is 4.50. The molecular weight excluding hydrogens is 615 g/mol. The van der Waals surface area contributed by atoms with Crippen molar-refractivity contribution >= 4 is 43.7 Å². The van der Waals surface area contributed by atoms with E-state index in [0.717, 1.165) is 77.4 Å². The first-order valence-electron chi connectivity index (χ1n) is 16.6. The zero-order valence-electron chi connectivity index (χ0n) is 26.7. The van der Waals surface area contributed by atoms with Gasteiger partial charge in [0.15, 0.2) is 17.5 Å². The minimum absolute atomic E-state index is 0.556. The number of hydrogen-bond donors (Lipinski definition) is 0. The maximum atomic E-state index is 6.13. The quantitative estimate of drug-likeness (QED) is 0.187. The van der Waals surface area contributed by atoms with Crippen molar-refractivity contribution in [2.75, 3.05) is 0 Å². The Bertz CT molecular complexity index is 2820. The van der Waals surface area contributed by atoms with Crippen LogP contribution < -0.4 is 0 Å². The van der Waals surface area contributed by atoms with Crippen molar-refractivity contribution in [3.8, 4) is 51.1 Å². The van der Waals surface area contributed by atoms with Gasteiger partial charge in [-0.1, -0.05) is 115 Å². The van der Waals surface area contributed by atoms with Crippen LogP contribution in [0.4, 0.5) is 0 Å². The Morgan fingerprint density at radius 1 is 0.400 bits per heavy atom. The van der Waals surface area contributed by atoms with E-state index in [0.29, 0.717) is 17.5 Å². The summed E-state index contributed by atoms with van der Waals surface area (Å²) in [5.74, 6) is 2.52. The summed E-state index contributed by atoms with van der Waals surface area (Å²) >= 11 is 0. The van der Waals surface area contributed by atoms with Gasteiger partial charge in [0.1, 0.15) is 17.0 Å². The number of nitrogens with zero attached hydrogens (tertiary/aromatic N) is 5. The van der Waals surface area contributed by atoms with Crippen molar-refractivity contribution in [1.82, 2.24) is 24.5 Å². The fourth-order valence-corrected chi connectivity index (χ4v) is 6.96. The number of benzene rings is 6. The lowest BCUT2D eigenvalue weighted by molar-refractivity contribution is 0.669. The fourth-order valence-electron chi connectivity index (χ4n) is 6.96. The van der Waals surface area contributed by atoms with Crippen LogP contribution in [0.5, 0.6) is 0 Å². The molecule has 0 atom stereocenters. The normalized spacial score (nSPS) is 11.6. The molecule has 0 aliphatic heterocycles. The van der Waals surface area contributed by atoms with Crippen LogP contribution in [0.25, 0.3) is 94.9 Å². The second-order valence-electron chi connectivity index (χ2n) is 12.3. The Morgan fingerprint density at radius 2 is 1.00 bits per heavy atom. The summed E-state index contributed by atoms with van der Waals surface area (Å²) in [4.78, 5) is 20.1. The van der Waals surface area contributed by atoms with Crippen LogP contribution in [0, 0.1) is 0 Å². The Morgan fingerprint density at radius 3 is 1.78 bits per heavy atom. The van der Waals surface area contributed by atoms with E-state index in [2.05, 4.69) is 77.4 Å². The van der Waals surface area contributed by atoms with Gasteiger partial charge in [0.2, 0.25) is 0 Å². The van der Waals surface area contributed by atoms with Crippen molar-refractivity contribution in [1.29, 1.82) is 0 Å². The average Bonchev–Trinajstić information content (AvgIpc) is 3.73. The molecule has 0 aliphatic rings. The minimum Gasteiger partial charge on any atom is -0.456 e. The number of rotatable bonds is 5. The Kier molecular flexibility index (Phi) is 6.39. The molecule has 0 spiro atoms. The van der Waals surface area contributed by atoms with Gasteiger partial charge in [-0.15, -0.1) is 0 Å². The molecule has 0 N–H and O–H groups in total. The number of pyridine rings is 1. The molecule has 0 fully saturated rings. The molecule has 0 saturated heterocycles. The van der Waals surface area contributed by atoms with Gasteiger partial charge < -0.3 is 4.42 Å². The van der Waals surface area contributed by atoms with Gasteiger partial charge in [0, 0.05) is 38.9 Å². The van der Waals surface area contributed by atoms with Crippen LogP contribution in [-0.2, 0) is 0 Å². The third kappa shape index (κ3) is 4.58. The summed E-state index contributed by atoms with van der Waals surface area (Å²) < 4.78 is 8.37. The monoisotopic (exact) mass is 641 g/mol. The first kappa shape index (κ1) is 28.1. The second kappa shape index (κ2) is 11.4. The molecule has 6 aromatic carbocycles. The van der Waals surface area contributed by atoms with Crippen molar-refractivity contribution in [3.05, 3.63) is 164 Å². The predicted octanol–water partition coefficient (Wildman–Crippen LogP) is 10.9. The van der Waals surface area contributed by atoms with Crippen LogP contribution in [-0.4, -0.2) is 24.5 Å². The van der Waals surface area contributed by atoms with E-state index in [-0.39, 0.29) is 0 Å². The highest BCUT2D eigenvalue weighted by Gasteiger charge is 2.20. The highest BCUT2D eigenvalue weighted by molar-refractivity contribution is 6.11. The van der Waals surface area contributed by atoms with Gasteiger partial charge in [-0.05, 0) is 53.6 Å². The second-order valence-corrected chi connectivity index (χ2v) is 12.3. The van der Waals surface area contributed by atoms with Gasteiger partial charge in [0.05, 0.1) is 16.6 Å². The van der Waals surface area contributed by atoms with Crippen LogP contribution in [0.3, 0.4) is 0 Å². The Balaban J connectivity index is 1.20. The average molecular weight is 642 g/mol. The molecule has 0 aliphatic carbocycles. The van der Waals surface area contributed by atoms with Gasteiger partial charge in [-0.3, -0.25) is 4.57 Å². The summed E-state index contributed by atoms with van der Waals surface area (Å²) in [6.07, 6.45) is 1.83. The number of aromatic nitrogens is 5. The lowest BCUT2D eigenvalue weighted by atomic mass is 10.0. The number of hydrogen-bond acceptors (Lipinski definition) is 5. The molecule has 10 aromatic rings. The van der Waals surface area contributed by atoms with Gasteiger partial charge in [-0.25, -0.2) is 19.9 Å².